The molecule has 0 atom stereocenters. The molecule has 0 saturated carbocycles. The van der Waals surface area contributed by atoms with Gasteiger partial charge in [0, 0.05) is 11.1 Å². The van der Waals surface area contributed by atoms with Crippen LogP contribution < -0.4 is 5.73 Å². The minimum Gasteiger partial charge on any atom is -0.396 e. The Morgan fingerprint density at radius 1 is 1.10 bits per heavy atom. The highest BCUT2D eigenvalue weighted by Gasteiger charge is 2.13. The van der Waals surface area contributed by atoms with Gasteiger partial charge in [-0.05, 0) is 30.2 Å². The van der Waals surface area contributed by atoms with Crippen molar-refractivity contribution in [2.24, 2.45) is 0 Å². The molecule has 0 bridgehead atoms. The quantitative estimate of drug-likeness (QED) is 0.653. The van der Waals surface area contributed by atoms with Gasteiger partial charge in [-0.15, -0.1) is 0 Å². The number of hydrogen-bond donors (Lipinski definition) is 1. The molecule has 2 nitrogen and oxygen atoms in total. The molecule has 0 amide bonds. The van der Waals surface area contributed by atoms with Crippen molar-refractivity contribution in [2.75, 3.05) is 5.73 Å². The molecule has 2 aromatic carbocycles. The van der Waals surface area contributed by atoms with Crippen molar-refractivity contribution in [2.45, 2.75) is 19.8 Å². The molecule has 2 rings (SSSR count). The van der Waals surface area contributed by atoms with Crippen LogP contribution in [-0.2, 0) is 6.42 Å². The van der Waals surface area contributed by atoms with E-state index < -0.39 is 0 Å². The van der Waals surface area contributed by atoms with E-state index in [-0.39, 0.29) is 5.78 Å². The van der Waals surface area contributed by atoms with Crippen molar-refractivity contribution in [1.29, 1.82) is 0 Å². The molecule has 0 aliphatic carbocycles. The number of nitrogen functional groups attached to an aromatic ring is 1. The van der Waals surface area contributed by atoms with Crippen LogP contribution in [0.25, 0.3) is 0 Å². The summed E-state index contributed by atoms with van der Waals surface area (Å²) in [6.45, 7) is 2.11. The van der Waals surface area contributed by atoms with Gasteiger partial charge >= 0.3 is 0 Å². The third-order valence-electron chi connectivity index (χ3n) is 3.07. The Kier molecular flexibility index (Phi) is 4.69. The number of ketones is 1. The summed E-state index contributed by atoms with van der Waals surface area (Å²) < 4.78 is 0. The summed E-state index contributed by atoms with van der Waals surface area (Å²) in [5.41, 5.74) is 8.20. The van der Waals surface area contributed by atoms with Gasteiger partial charge in [-0.2, -0.15) is 0 Å². The number of aryl methyl sites for hydroxylation is 1. The highest BCUT2D eigenvalue weighted by molar-refractivity contribution is 6.39. The van der Waals surface area contributed by atoms with E-state index in [9.17, 15) is 4.79 Å². The van der Waals surface area contributed by atoms with Gasteiger partial charge in [0.15, 0.2) is 5.78 Å². The Balaban J connectivity index is 2.38. The highest BCUT2D eigenvalue weighted by Crippen LogP contribution is 2.29. The third-order valence-corrected chi connectivity index (χ3v) is 3.69. The van der Waals surface area contributed by atoms with Crippen molar-refractivity contribution in [3.05, 3.63) is 63.1 Å². The van der Waals surface area contributed by atoms with E-state index in [0.717, 1.165) is 18.4 Å². The summed E-state index contributed by atoms with van der Waals surface area (Å²) in [6.07, 6.45) is 1.99. The van der Waals surface area contributed by atoms with Gasteiger partial charge in [0.25, 0.3) is 0 Å². The molecule has 4 heteroatoms. The SMILES string of the molecule is CCCc1cccc(C(=O)c2cc(Cl)c(N)c(Cl)c2)c1. The summed E-state index contributed by atoms with van der Waals surface area (Å²) >= 11 is 11.9. The molecule has 0 fully saturated rings. The fourth-order valence-electron chi connectivity index (χ4n) is 2.04. The second-order valence-electron chi connectivity index (χ2n) is 4.63. The predicted molar refractivity (Wildman–Crippen MR) is 84.7 cm³/mol. The maximum atomic E-state index is 12.5. The number of halogens is 2. The van der Waals surface area contributed by atoms with E-state index in [0.29, 0.717) is 26.9 Å². The lowest BCUT2D eigenvalue weighted by Gasteiger charge is -2.07. The first-order valence-corrected chi connectivity index (χ1v) is 7.16. The molecule has 0 saturated heterocycles. The molecular formula is C16H15Cl2NO. The van der Waals surface area contributed by atoms with Gasteiger partial charge in [0.05, 0.1) is 15.7 Å². The minimum absolute atomic E-state index is 0.105. The van der Waals surface area contributed by atoms with Gasteiger partial charge in [0.2, 0.25) is 0 Å². The summed E-state index contributed by atoms with van der Waals surface area (Å²) in [5, 5.41) is 0.594. The second kappa shape index (κ2) is 6.29. The van der Waals surface area contributed by atoms with Crippen LogP contribution in [0.3, 0.4) is 0 Å². The van der Waals surface area contributed by atoms with Crippen molar-refractivity contribution < 1.29 is 4.79 Å². The molecule has 0 heterocycles. The molecule has 0 spiro atoms. The fourth-order valence-corrected chi connectivity index (χ4v) is 2.53. The van der Waals surface area contributed by atoms with Crippen LogP contribution in [0.5, 0.6) is 0 Å². The molecule has 2 N–H and O–H groups in total. The van der Waals surface area contributed by atoms with E-state index in [1.54, 1.807) is 18.2 Å². The Labute approximate surface area is 128 Å². The maximum absolute atomic E-state index is 12.5. The second-order valence-corrected chi connectivity index (χ2v) is 5.45. The van der Waals surface area contributed by atoms with Crippen LogP contribution in [0.15, 0.2) is 36.4 Å². The van der Waals surface area contributed by atoms with Crippen LogP contribution >= 0.6 is 23.2 Å². The van der Waals surface area contributed by atoms with E-state index in [2.05, 4.69) is 6.92 Å². The predicted octanol–water partition coefficient (Wildman–Crippen LogP) is 4.76. The smallest absolute Gasteiger partial charge is 0.193 e. The number of hydrogen-bond acceptors (Lipinski definition) is 2. The van der Waals surface area contributed by atoms with Crippen LogP contribution in [0.2, 0.25) is 10.0 Å². The first kappa shape index (κ1) is 14.9. The average Bonchev–Trinajstić information content (AvgIpc) is 2.44. The Bertz CT molecular complexity index is 630. The van der Waals surface area contributed by atoms with Crippen LogP contribution in [-0.4, -0.2) is 5.78 Å². The summed E-state index contributed by atoms with van der Waals surface area (Å²) in [4.78, 5) is 12.5. The highest BCUT2D eigenvalue weighted by atomic mass is 35.5. The van der Waals surface area contributed by atoms with Gasteiger partial charge in [-0.3, -0.25) is 4.79 Å². The fraction of sp³-hybridized carbons (Fsp3) is 0.188. The first-order valence-electron chi connectivity index (χ1n) is 6.41. The number of carbonyl (C=O) groups excluding carboxylic acids is 1. The number of carbonyl (C=O) groups is 1. The van der Waals surface area contributed by atoms with Gasteiger partial charge in [-0.25, -0.2) is 0 Å². The lowest BCUT2D eigenvalue weighted by molar-refractivity contribution is 0.103. The zero-order chi connectivity index (χ0) is 14.7. The Morgan fingerprint density at radius 3 is 2.35 bits per heavy atom. The minimum atomic E-state index is -0.105. The average molecular weight is 308 g/mol. The van der Waals surface area contributed by atoms with Crippen molar-refractivity contribution in [3.8, 4) is 0 Å². The van der Waals surface area contributed by atoms with Crippen LogP contribution in [0, 0.1) is 0 Å². The molecule has 20 heavy (non-hydrogen) atoms. The van der Waals surface area contributed by atoms with Gasteiger partial charge in [0.1, 0.15) is 0 Å². The lowest BCUT2D eigenvalue weighted by atomic mass is 9.99. The zero-order valence-electron chi connectivity index (χ0n) is 11.1. The molecule has 0 aliphatic rings. The normalized spacial score (nSPS) is 10.6. The lowest BCUT2D eigenvalue weighted by Crippen LogP contribution is -2.03. The maximum Gasteiger partial charge on any atom is 0.193 e. The zero-order valence-corrected chi connectivity index (χ0v) is 12.6. The first-order chi connectivity index (χ1) is 9.52. The monoisotopic (exact) mass is 307 g/mol. The standard InChI is InChI=1S/C16H15Cl2NO/c1-2-4-10-5-3-6-11(7-10)16(20)12-8-13(17)15(19)14(18)9-12/h3,5-9H,2,4,19H2,1H3. The topological polar surface area (TPSA) is 43.1 Å². The van der Waals surface area contributed by atoms with Crippen molar-refractivity contribution >= 4 is 34.7 Å². The number of nitrogens with two attached hydrogens (primary N) is 1. The van der Waals surface area contributed by atoms with E-state index >= 15 is 0 Å². The molecule has 0 unspecified atom stereocenters. The molecule has 104 valence electrons. The molecule has 0 aromatic heterocycles. The Morgan fingerprint density at radius 2 is 1.75 bits per heavy atom. The Hall–Kier alpha value is -1.51. The molecule has 0 aliphatic heterocycles. The molecular weight excluding hydrogens is 293 g/mol. The molecule has 0 radical (unpaired) electrons. The van der Waals surface area contributed by atoms with Gasteiger partial charge in [-0.1, -0.05) is 54.7 Å². The van der Waals surface area contributed by atoms with Crippen LogP contribution in [0.1, 0.15) is 34.8 Å². The van der Waals surface area contributed by atoms with Gasteiger partial charge < -0.3 is 5.73 Å². The molecule has 2 aromatic rings. The number of anilines is 1. The van der Waals surface area contributed by atoms with E-state index in [4.69, 9.17) is 28.9 Å². The number of benzene rings is 2. The van der Waals surface area contributed by atoms with E-state index in [1.807, 2.05) is 18.2 Å². The summed E-state index contributed by atoms with van der Waals surface area (Å²) in [5.74, 6) is -0.105. The third kappa shape index (κ3) is 3.14. The summed E-state index contributed by atoms with van der Waals surface area (Å²) in [7, 11) is 0. The van der Waals surface area contributed by atoms with Crippen molar-refractivity contribution in [3.63, 3.8) is 0 Å². The summed E-state index contributed by atoms with van der Waals surface area (Å²) in [6, 6.07) is 10.7. The largest absolute Gasteiger partial charge is 0.396 e. The van der Waals surface area contributed by atoms with Crippen molar-refractivity contribution in [1.82, 2.24) is 0 Å². The van der Waals surface area contributed by atoms with E-state index in [1.165, 1.54) is 0 Å². The number of rotatable bonds is 4. The van der Waals surface area contributed by atoms with Crippen LogP contribution in [0.4, 0.5) is 5.69 Å².